The lowest BCUT2D eigenvalue weighted by Crippen LogP contribution is -2.38. The number of phenolic OH excluding ortho intramolecular Hbond substituents is 1. The third-order valence-corrected chi connectivity index (χ3v) is 6.56. The summed E-state index contributed by atoms with van der Waals surface area (Å²) in [7, 11) is -3.71. The first kappa shape index (κ1) is 25.1. The Morgan fingerprint density at radius 3 is 2.00 bits per heavy atom. The molecule has 3 aromatic rings. The summed E-state index contributed by atoms with van der Waals surface area (Å²) in [6.07, 6.45) is -0.435. The van der Waals surface area contributed by atoms with Crippen LogP contribution in [-0.4, -0.2) is 43.3 Å². The molecule has 0 aromatic heterocycles. The van der Waals surface area contributed by atoms with Crippen LogP contribution in [0.1, 0.15) is 26.3 Å². The number of hydrogen-bond acceptors (Lipinski definition) is 6. The van der Waals surface area contributed by atoms with Gasteiger partial charge in [-0.2, -0.15) is 0 Å². The number of hydrogen-bond donors (Lipinski definition) is 1. The van der Waals surface area contributed by atoms with Gasteiger partial charge in [-0.1, -0.05) is 30.3 Å². The van der Waals surface area contributed by atoms with Crippen LogP contribution in [0.4, 0.5) is 4.79 Å². The minimum atomic E-state index is -3.71. The summed E-state index contributed by atoms with van der Waals surface area (Å²) in [4.78, 5) is 14.5. The Bertz CT molecular complexity index is 1180. The van der Waals surface area contributed by atoms with Gasteiger partial charge in [0.05, 0.1) is 16.3 Å². The van der Waals surface area contributed by atoms with Crippen molar-refractivity contribution in [2.75, 3.05) is 13.2 Å². The van der Waals surface area contributed by atoms with E-state index in [1.807, 2.05) is 51.1 Å². The van der Waals surface area contributed by atoms with Gasteiger partial charge in [-0.15, -0.1) is 0 Å². The molecule has 3 rings (SSSR count). The van der Waals surface area contributed by atoms with E-state index >= 15 is 0 Å². The van der Waals surface area contributed by atoms with Gasteiger partial charge < -0.3 is 19.5 Å². The number of rotatable bonds is 8. The average molecular weight is 484 g/mol. The predicted octanol–water partition coefficient (Wildman–Crippen LogP) is 5.04. The third-order valence-electron chi connectivity index (χ3n) is 4.78. The lowest BCUT2D eigenvalue weighted by molar-refractivity contribution is 0.0209. The number of sulfone groups is 1. The van der Waals surface area contributed by atoms with Crippen molar-refractivity contribution in [2.24, 2.45) is 0 Å². The van der Waals surface area contributed by atoms with Crippen LogP contribution in [0.3, 0.4) is 0 Å². The second-order valence-corrected chi connectivity index (χ2v) is 10.7. The van der Waals surface area contributed by atoms with Crippen molar-refractivity contribution in [1.82, 2.24) is 4.90 Å². The zero-order valence-corrected chi connectivity index (χ0v) is 20.3. The Labute approximate surface area is 200 Å². The Balaban J connectivity index is 1.64. The first-order valence-corrected chi connectivity index (χ1v) is 12.3. The van der Waals surface area contributed by atoms with Crippen LogP contribution in [0.25, 0.3) is 0 Å². The predicted molar refractivity (Wildman–Crippen MR) is 129 cm³/mol. The Morgan fingerprint density at radius 2 is 1.44 bits per heavy atom. The van der Waals surface area contributed by atoms with E-state index in [9.17, 15) is 18.3 Å². The maximum atomic E-state index is 12.7. The van der Waals surface area contributed by atoms with Crippen molar-refractivity contribution >= 4 is 15.9 Å². The Morgan fingerprint density at radius 1 is 0.882 bits per heavy atom. The van der Waals surface area contributed by atoms with Gasteiger partial charge >= 0.3 is 6.09 Å². The molecule has 34 heavy (non-hydrogen) atoms. The molecule has 0 fully saturated rings. The van der Waals surface area contributed by atoms with E-state index in [0.717, 1.165) is 5.56 Å². The Hall–Kier alpha value is -3.52. The van der Waals surface area contributed by atoms with E-state index in [1.54, 1.807) is 17.0 Å². The molecule has 0 aliphatic rings. The van der Waals surface area contributed by atoms with Crippen LogP contribution in [0.2, 0.25) is 0 Å². The van der Waals surface area contributed by atoms with Crippen LogP contribution in [0.15, 0.2) is 88.7 Å². The highest BCUT2D eigenvalue weighted by Crippen LogP contribution is 2.24. The van der Waals surface area contributed by atoms with Crippen molar-refractivity contribution in [1.29, 1.82) is 0 Å². The van der Waals surface area contributed by atoms with Gasteiger partial charge in [-0.05, 0) is 74.9 Å². The van der Waals surface area contributed by atoms with E-state index in [2.05, 4.69) is 0 Å². The Kier molecular flexibility index (Phi) is 7.83. The number of carbonyl (C=O) groups excluding carboxylic acids is 1. The molecule has 1 N–H and O–H groups in total. The van der Waals surface area contributed by atoms with Crippen LogP contribution >= 0.6 is 0 Å². The molecular weight excluding hydrogens is 454 g/mol. The third kappa shape index (κ3) is 6.99. The number of carbonyl (C=O) groups is 1. The van der Waals surface area contributed by atoms with Gasteiger partial charge in [0.15, 0.2) is 0 Å². The number of phenols is 1. The number of nitrogens with zero attached hydrogens (tertiary/aromatic N) is 1. The maximum absolute atomic E-state index is 12.7. The lowest BCUT2D eigenvalue weighted by Gasteiger charge is -2.27. The molecule has 1 amide bonds. The van der Waals surface area contributed by atoms with Gasteiger partial charge in [0.2, 0.25) is 9.84 Å². The molecular formula is C26H29NO6S. The summed E-state index contributed by atoms with van der Waals surface area (Å²) in [6, 6.07) is 21.0. The zero-order chi connectivity index (χ0) is 24.8. The number of aromatic hydroxyl groups is 1. The van der Waals surface area contributed by atoms with E-state index in [0.29, 0.717) is 12.3 Å². The summed E-state index contributed by atoms with van der Waals surface area (Å²) >= 11 is 0. The second kappa shape index (κ2) is 10.6. The molecule has 0 aliphatic carbocycles. The summed E-state index contributed by atoms with van der Waals surface area (Å²) in [5.41, 5.74) is 0.350. The SMILES string of the molecule is CC(C)(C)OC(=O)N(CCOc1ccc(S(=O)(=O)c2ccc(O)cc2)cc1)Cc1ccccc1. The molecule has 180 valence electrons. The fourth-order valence-corrected chi connectivity index (χ4v) is 4.38. The largest absolute Gasteiger partial charge is 0.508 e. The normalized spacial score (nSPS) is 11.6. The van der Waals surface area contributed by atoms with E-state index in [4.69, 9.17) is 9.47 Å². The van der Waals surface area contributed by atoms with Crippen LogP contribution in [-0.2, 0) is 21.1 Å². The van der Waals surface area contributed by atoms with Crippen molar-refractivity contribution < 1.29 is 27.8 Å². The van der Waals surface area contributed by atoms with E-state index in [1.165, 1.54) is 36.4 Å². The van der Waals surface area contributed by atoms with Gasteiger partial charge in [0.25, 0.3) is 0 Å². The summed E-state index contributed by atoms with van der Waals surface area (Å²) in [6.45, 7) is 6.32. The minimum absolute atomic E-state index is 0.00427. The first-order valence-electron chi connectivity index (χ1n) is 10.8. The smallest absolute Gasteiger partial charge is 0.410 e. The molecule has 0 heterocycles. The molecule has 3 aromatic carbocycles. The topological polar surface area (TPSA) is 93.1 Å². The van der Waals surface area contributed by atoms with Gasteiger partial charge in [0, 0.05) is 6.54 Å². The molecule has 0 aliphatic heterocycles. The van der Waals surface area contributed by atoms with E-state index < -0.39 is 21.5 Å². The molecule has 0 saturated heterocycles. The molecule has 7 nitrogen and oxygen atoms in total. The van der Waals surface area contributed by atoms with Crippen LogP contribution in [0, 0.1) is 0 Å². The second-order valence-electron chi connectivity index (χ2n) is 8.70. The van der Waals surface area contributed by atoms with Gasteiger partial charge in [-0.25, -0.2) is 13.2 Å². The monoisotopic (exact) mass is 483 g/mol. The van der Waals surface area contributed by atoms with Gasteiger partial charge in [0.1, 0.15) is 23.7 Å². The average Bonchev–Trinajstić information content (AvgIpc) is 2.78. The number of amides is 1. The fourth-order valence-electron chi connectivity index (χ4n) is 3.12. The van der Waals surface area contributed by atoms with Crippen molar-refractivity contribution in [3.8, 4) is 11.5 Å². The molecule has 0 bridgehead atoms. The summed E-state index contributed by atoms with van der Waals surface area (Å²) < 4.78 is 36.8. The highest BCUT2D eigenvalue weighted by atomic mass is 32.2. The lowest BCUT2D eigenvalue weighted by atomic mass is 10.2. The summed E-state index contributed by atoms with van der Waals surface area (Å²) in [5.74, 6) is 0.476. The molecule has 0 atom stereocenters. The van der Waals surface area contributed by atoms with Crippen LogP contribution < -0.4 is 4.74 Å². The molecule has 0 radical (unpaired) electrons. The fraction of sp³-hybridized carbons (Fsp3) is 0.269. The summed E-state index contributed by atoms with van der Waals surface area (Å²) in [5, 5.41) is 9.38. The van der Waals surface area contributed by atoms with Crippen molar-refractivity contribution in [3.05, 3.63) is 84.4 Å². The van der Waals surface area contributed by atoms with Crippen LogP contribution in [0.5, 0.6) is 11.5 Å². The van der Waals surface area contributed by atoms with Crippen molar-refractivity contribution in [3.63, 3.8) is 0 Å². The highest BCUT2D eigenvalue weighted by molar-refractivity contribution is 7.91. The van der Waals surface area contributed by atoms with Crippen molar-refractivity contribution in [2.45, 2.75) is 42.7 Å². The number of benzene rings is 3. The van der Waals surface area contributed by atoms with E-state index in [-0.39, 0.29) is 28.7 Å². The standard InChI is InChI=1S/C26H29NO6S/c1-26(2,3)33-25(29)27(19-20-7-5-4-6-8-20)17-18-32-22-11-15-24(16-12-22)34(30,31)23-13-9-21(28)10-14-23/h4-16,28H,17-19H2,1-3H3. The quantitative estimate of drug-likeness (QED) is 0.482. The zero-order valence-electron chi connectivity index (χ0n) is 19.5. The maximum Gasteiger partial charge on any atom is 0.410 e. The highest BCUT2D eigenvalue weighted by Gasteiger charge is 2.22. The van der Waals surface area contributed by atoms with Gasteiger partial charge in [-0.3, -0.25) is 0 Å². The number of ether oxygens (including phenoxy) is 2. The molecule has 8 heteroatoms. The molecule has 0 spiro atoms. The minimum Gasteiger partial charge on any atom is -0.508 e. The first-order chi connectivity index (χ1) is 16.0. The molecule has 0 unspecified atom stereocenters. The molecule has 0 saturated carbocycles.